The van der Waals surface area contributed by atoms with E-state index >= 15 is 0 Å². The third-order valence-corrected chi connectivity index (χ3v) is 3.36. The second-order valence-corrected chi connectivity index (χ2v) is 4.87. The molecule has 0 fully saturated rings. The molecule has 0 bridgehead atoms. The Labute approximate surface area is 120 Å². The first-order valence-corrected chi connectivity index (χ1v) is 6.40. The molecule has 1 aromatic heterocycles. The van der Waals surface area contributed by atoms with E-state index in [9.17, 15) is 4.79 Å². The zero-order chi connectivity index (χ0) is 14.1. The van der Waals surface area contributed by atoms with Crippen LogP contribution in [0.25, 0.3) is 21.9 Å². The van der Waals surface area contributed by atoms with Gasteiger partial charge in [-0.2, -0.15) is 0 Å². The Morgan fingerprint density at radius 2 is 2.00 bits per heavy atom. The maximum atomic E-state index is 11.1. The lowest BCUT2D eigenvalue weighted by Gasteiger charge is -2.08. The van der Waals surface area contributed by atoms with Crippen molar-refractivity contribution in [1.82, 2.24) is 4.98 Å². The number of rotatable bonds is 2. The molecule has 0 aliphatic rings. The van der Waals surface area contributed by atoms with Gasteiger partial charge in [0.25, 0.3) is 0 Å². The number of hydrogen-bond acceptors (Lipinski definition) is 2. The van der Waals surface area contributed by atoms with Crippen molar-refractivity contribution in [2.45, 2.75) is 0 Å². The van der Waals surface area contributed by atoms with Crippen LogP contribution in [0.1, 0.15) is 10.4 Å². The largest absolute Gasteiger partial charge is 0.478 e. The first kappa shape index (κ1) is 12.6. The van der Waals surface area contributed by atoms with Gasteiger partial charge in [-0.05, 0) is 46.8 Å². The first-order valence-electron chi connectivity index (χ1n) is 6.02. The molecule has 1 N–H and O–H groups in total. The van der Waals surface area contributed by atoms with Gasteiger partial charge in [0.1, 0.15) is 0 Å². The van der Waals surface area contributed by atoms with Gasteiger partial charge in [-0.3, -0.25) is 4.98 Å². The summed E-state index contributed by atoms with van der Waals surface area (Å²) >= 11 is 6.13. The molecule has 3 nitrogen and oxygen atoms in total. The molecule has 1 heterocycles. The van der Waals surface area contributed by atoms with E-state index in [-0.39, 0.29) is 5.56 Å². The highest BCUT2D eigenvalue weighted by Crippen LogP contribution is 2.31. The molecule has 3 rings (SSSR count). The summed E-state index contributed by atoms with van der Waals surface area (Å²) < 4.78 is 0. The van der Waals surface area contributed by atoms with Crippen molar-refractivity contribution in [3.63, 3.8) is 0 Å². The quantitative estimate of drug-likeness (QED) is 0.765. The second-order valence-electron chi connectivity index (χ2n) is 4.44. The lowest BCUT2D eigenvalue weighted by Crippen LogP contribution is -1.95. The van der Waals surface area contributed by atoms with Crippen molar-refractivity contribution in [2.24, 2.45) is 0 Å². The Kier molecular flexibility index (Phi) is 3.12. The van der Waals surface area contributed by atoms with Gasteiger partial charge in [-0.25, -0.2) is 4.79 Å². The van der Waals surface area contributed by atoms with E-state index in [2.05, 4.69) is 4.98 Å². The minimum absolute atomic E-state index is 0.254. The van der Waals surface area contributed by atoms with Crippen LogP contribution in [0.4, 0.5) is 0 Å². The summed E-state index contributed by atoms with van der Waals surface area (Å²) in [6.07, 6.45) is 3.45. The van der Waals surface area contributed by atoms with E-state index in [0.717, 1.165) is 21.9 Å². The van der Waals surface area contributed by atoms with Crippen LogP contribution >= 0.6 is 11.6 Å². The van der Waals surface area contributed by atoms with Crippen molar-refractivity contribution >= 4 is 28.3 Å². The molecule has 0 aliphatic carbocycles. The zero-order valence-electron chi connectivity index (χ0n) is 10.4. The van der Waals surface area contributed by atoms with Crippen molar-refractivity contribution in [3.8, 4) is 11.1 Å². The fourth-order valence-corrected chi connectivity index (χ4v) is 2.46. The van der Waals surface area contributed by atoms with Gasteiger partial charge in [0.05, 0.1) is 5.56 Å². The smallest absolute Gasteiger partial charge is 0.335 e. The van der Waals surface area contributed by atoms with Crippen LogP contribution in [0.3, 0.4) is 0 Å². The molecule has 0 saturated heterocycles. The topological polar surface area (TPSA) is 50.2 Å². The van der Waals surface area contributed by atoms with E-state index in [1.165, 1.54) is 0 Å². The number of fused-ring (bicyclic) bond motifs is 1. The van der Waals surface area contributed by atoms with Gasteiger partial charge < -0.3 is 5.11 Å². The van der Waals surface area contributed by atoms with Crippen LogP contribution in [0.5, 0.6) is 0 Å². The summed E-state index contributed by atoms with van der Waals surface area (Å²) in [6, 6.07) is 12.4. The van der Waals surface area contributed by atoms with E-state index in [1.807, 2.05) is 24.3 Å². The van der Waals surface area contributed by atoms with Crippen molar-refractivity contribution in [2.75, 3.05) is 0 Å². The summed E-state index contributed by atoms with van der Waals surface area (Å²) in [5.74, 6) is -0.945. The average Bonchev–Trinajstić information content (AvgIpc) is 2.46. The van der Waals surface area contributed by atoms with Crippen LogP contribution in [-0.2, 0) is 0 Å². The molecule has 0 unspecified atom stereocenters. The Morgan fingerprint density at radius 3 is 2.80 bits per heavy atom. The van der Waals surface area contributed by atoms with Gasteiger partial charge in [-0.15, -0.1) is 0 Å². The Balaban J connectivity index is 2.29. The van der Waals surface area contributed by atoms with Gasteiger partial charge >= 0.3 is 5.97 Å². The van der Waals surface area contributed by atoms with Gasteiger partial charge in [0.2, 0.25) is 0 Å². The van der Waals surface area contributed by atoms with E-state index < -0.39 is 5.97 Å². The van der Waals surface area contributed by atoms with E-state index in [1.54, 1.807) is 30.6 Å². The summed E-state index contributed by atoms with van der Waals surface area (Å²) in [6.45, 7) is 0. The summed E-state index contributed by atoms with van der Waals surface area (Å²) in [5.41, 5.74) is 1.98. The Morgan fingerprint density at radius 1 is 1.15 bits per heavy atom. The van der Waals surface area contributed by atoms with E-state index in [4.69, 9.17) is 16.7 Å². The zero-order valence-corrected chi connectivity index (χ0v) is 11.1. The third kappa shape index (κ3) is 2.24. The molecule has 0 atom stereocenters. The second kappa shape index (κ2) is 4.94. The number of benzene rings is 2. The van der Waals surface area contributed by atoms with Crippen LogP contribution < -0.4 is 0 Å². The molecule has 3 aromatic rings. The molecule has 0 aliphatic heterocycles. The highest BCUT2D eigenvalue weighted by Gasteiger charge is 2.09. The maximum absolute atomic E-state index is 11.1. The van der Waals surface area contributed by atoms with E-state index in [0.29, 0.717) is 5.02 Å². The minimum atomic E-state index is -0.945. The molecule has 0 radical (unpaired) electrons. The Hall–Kier alpha value is -2.39. The molecule has 0 saturated carbocycles. The number of hydrogen-bond donors (Lipinski definition) is 1. The number of pyridine rings is 1. The standard InChI is InChI=1S/C16H10ClNO2/c17-13-7-12-9-18-5-4-14(12)15(8-13)10-2-1-3-11(6-10)16(19)20/h1-9H,(H,19,20). The normalized spacial score (nSPS) is 10.7. The molecular weight excluding hydrogens is 274 g/mol. The average molecular weight is 284 g/mol. The predicted octanol–water partition coefficient (Wildman–Crippen LogP) is 4.25. The highest BCUT2D eigenvalue weighted by atomic mass is 35.5. The van der Waals surface area contributed by atoms with Gasteiger partial charge in [0.15, 0.2) is 0 Å². The highest BCUT2D eigenvalue weighted by molar-refractivity contribution is 6.32. The summed E-state index contributed by atoms with van der Waals surface area (Å²) in [5, 5.41) is 11.6. The molecule has 98 valence electrons. The lowest BCUT2D eigenvalue weighted by molar-refractivity contribution is 0.0697. The number of carboxylic acid groups (broad SMARTS) is 1. The van der Waals surface area contributed by atoms with Crippen LogP contribution in [-0.4, -0.2) is 16.1 Å². The summed E-state index contributed by atoms with van der Waals surface area (Å²) in [7, 11) is 0. The number of aromatic nitrogens is 1. The van der Waals surface area contributed by atoms with Crippen molar-refractivity contribution in [1.29, 1.82) is 0 Å². The number of aromatic carboxylic acids is 1. The maximum Gasteiger partial charge on any atom is 0.335 e. The SMILES string of the molecule is O=C(O)c1cccc(-c2cc(Cl)cc3cnccc23)c1. The first-order chi connectivity index (χ1) is 9.65. The fourth-order valence-electron chi connectivity index (χ4n) is 2.23. The predicted molar refractivity (Wildman–Crippen MR) is 79.1 cm³/mol. The van der Waals surface area contributed by atoms with Crippen LogP contribution in [0, 0.1) is 0 Å². The monoisotopic (exact) mass is 283 g/mol. The number of carboxylic acids is 1. The molecule has 4 heteroatoms. The lowest BCUT2D eigenvalue weighted by atomic mass is 9.98. The van der Waals surface area contributed by atoms with Crippen molar-refractivity contribution in [3.05, 3.63) is 65.4 Å². The molecule has 0 amide bonds. The number of halogens is 1. The van der Waals surface area contributed by atoms with Crippen molar-refractivity contribution < 1.29 is 9.90 Å². The molecule has 0 spiro atoms. The molecule has 20 heavy (non-hydrogen) atoms. The van der Waals surface area contributed by atoms with Crippen LogP contribution in [0.15, 0.2) is 54.9 Å². The Bertz CT molecular complexity index is 814. The van der Waals surface area contributed by atoms with Gasteiger partial charge in [0, 0.05) is 22.8 Å². The molecular formula is C16H10ClNO2. The van der Waals surface area contributed by atoms with Gasteiger partial charge in [-0.1, -0.05) is 23.7 Å². The van der Waals surface area contributed by atoms with Crippen LogP contribution in [0.2, 0.25) is 5.02 Å². The number of nitrogens with zero attached hydrogens (tertiary/aromatic N) is 1. The molecule has 2 aromatic carbocycles. The summed E-state index contributed by atoms with van der Waals surface area (Å²) in [4.78, 5) is 15.2. The number of carbonyl (C=O) groups is 1. The fraction of sp³-hybridized carbons (Fsp3) is 0. The minimum Gasteiger partial charge on any atom is -0.478 e. The third-order valence-electron chi connectivity index (χ3n) is 3.14.